The molecule has 0 bridgehead atoms. The topological polar surface area (TPSA) is 29.1 Å². The van der Waals surface area contributed by atoms with Crippen molar-refractivity contribution >= 4 is 17.5 Å². The van der Waals surface area contributed by atoms with Gasteiger partial charge in [0.25, 0.3) is 0 Å². The van der Waals surface area contributed by atoms with E-state index in [0.29, 0.717) is 12.5 Å². The van der Waals surface area contributed by atoms with Crippen LogP contribution in [0.2, 0.25) is 5.02 Å². The quantitative estimate of drug-likeness (QED) is 0.857. The Hall–Kier alpha value is -1.02. The van der Waals surface area contributed by atoms with Crippen LogP contribution in [0.15, 0.2) is 24.3 Å². The molecule has 1 aromatic carbocycles. The number of rotatable bonds is 4. The molecule has 0 saturated heterocycles. The van der Waals surface area contributed by atoms with Gasteiger partial charge in [0.2, 0.25) is 5.91 Å². The largest absolute Gasteiger partial charge is 0.356 e. The average Bonchev–Trinajstić information content (AvgIpc) is 2.98. The summed E-state index contributed by atoms with van der Waals surface area (Å²) in [6, 6.07) is 7.75. The van der Waals surface area contributed by atoms with Gasteiger partial charge in [-0.1, -0.05) is 36.7 Å². The van der Waals surface area contributed by atoms with Crippen LogP contribution in [0.4, 0.5) is 0 Å². The molecular weight excluding hydrogens is 222 g/mol. The van der Waals surface area contributed by atoms with Crippen LogP contribution in [0.1, 0.15) is 18.9 Å². The van der Waals surface area contributed by atoms with Crippen molar-refractivity contribution in [2.24, 2.45) is 11.8 Å². The van der Waals surface area contributed by atoms with Gasteiger partial charge in [-0.05, 0) is 30.4 Å². The van der Waals surface area contributed by atoms with Gasteiger partial charge in [-0.2, -0.15) is 0 Å². The summed E-state index contributed by atoms with van der Waals surface area (Å²) in [4.78, 5) is 11.5. The standard InChI is InChI=1S/C13H16ClNO/c1-9-8-11(9)13(16)15-7-6-10-4-2-3-5-12(10)14/h2-5,9,11H,6-8H2,1H3,(H,15,16)/t9-,11+/m0/s1. The molecule has 2 nitrogen and oxygen atoms in total. The van der Waals surface area contributed by atoms with Crippen LogP contribution >= 0.6 is 11.6 Å². The van der Waals surface area contributed by atoms with Gasteiger partial charge >= 0.3 is 0 Å². The van der Waals surface area contributed by atoms with Gasteiger partial charge in [-0.15, -0.1) is 0 Å². The summed E-state index contributed by atoms with van der Waals surface area (Å²) in [5.74, 6) is 1.02. The van der Waals surface area contributed by atoms with E-state index in [2.05, 4.69) is 12.2 Å². The van der Waals surface area contributed by atoms with Gasteiger partial charge < -0.3 is 5.32 Å². The van der Waals surface area contributed by atoms with Gasteiger partial charge in [0.05, 0.1) is 0 Å². The van der Waals surface area contributed by atoms with Crippen LogP contribution in [-0.4, -0.2) is 12.5 Å². The molecule has 0 heterocycles. The molecule has 0 spiro atoms. The maximum absolute atomic E-state index is 11.5. The molecule has 2 atom stereocenters. The number of benzene rings is 1. The summed E-state index contributed by atoms with van der Waals surface area (Å²) >= 11 is 6.02. The van der Waals surface area contributed by atoms with Crippen LogP contribution in [0.25, 0.3) is 0 Å². The molecule has 2 rings (SSSR count). The zero-order valence-corrected chi connectivity index (χ0v) is 10.1. The summed E-state index contributed by atoms with van der Waals surface area (Å²) in [6.07, 6.45) is 1.84. The Labute approximate surface area is 101 Å². The highest BCUT2D eigenvalue weighted by molar-refractivity contribution is 6.31. The van der Waals surface area contributed by atoms with E-state index in [-0.39, 0.29) is 11.8 Å². The number of carbonyl (C=O) groups is 1. The molecular formula is C13H16ClNO. The Kier molecular flexibility index (Phi) is 3.49. The highest BCUT2D eigenvalue weighted by Gasteiger charge is 2.38. The van der Waals surface area contributed by atoms with Crippen LogP contribution in [0, 0.1) is 11.8 Å². The number of hydrogen-bond donors (Lipinski definition) is 1. The second kappa shape index (κ2) is 4.88. The normalized spacial score (nSPS) is 22.9. The first-order chi connectivity index (χ1) is 7.68. The number of amides is 1. The minimum atomic E-state index is 0.194. The first kappa shape index (κ1) is 11.5. The molecule has 0 unspecified atom stereocenters. The molecule has 0 aromatic heterocycles. The fourth-order valence-electron chi connectivity index (χ4n) is 1.84. The van der Waals surface area contributed by atoms with Gasteiger partial charge in [-0.25, -0.2) is 0 Å². The minimum absolute atomic E-state index is 0.194. The molecule has 1 aromatic rings. The SMILES string of the molecule is C[C@H]1C[C@H]1C(=O)NCCc1ccccc1Cl. The summed E-state index contributed by atoms with van der Waals surface area (Å²) < 4.78 is 0. The van der Waals surface area contributed by atoms with Crippen LogP contribution in [0.3, 0.4) is 0 Å². The monoisotopic (exact) mass is 237 g/mol. The lowest BCUT2D eigenvalue weighted by molar-refractivity contribution is -0.122. The Balaban J connectivity index is 1.76. The van der Waals surface area contributed by atoms with Crippen molar-refractivity contribution < 1.29 is 4.79 Å². The Morgan fingerprint density at radius 2 is 2.19 bits per heavy atom. The van der Waals surface area contributed by atoms with Gasteiger partial charge in [-0.3, -0.25) is 4.79 Å². The third kappa shape index (κ3) is 2.76. The second-order valence-corrected chi connectivity index (χ2v) is 4.86. The van der Waals surface area contributed by atoms with Crippen molar-refractivity contribution in [3.63, 3.8) is 0 Å². The van der Waals surface area contributed by atoms with Crippen molar-refractivity contribution in [3.05, 3.63) is 34.9 Å². The molecule has 0 radical (unpaired) electrons. The van der Waals surface area contributed by atoms with E-state index in [4.69, 9.17) is 11.6 Å². The van der Waals surface area contributed by atoms with E-state index >= 15 is 0 Å². The van der Waals surface area contributed by atoms with Crippen molar-refractivity contribution in [1.29, 1.82) is 0 Å². The van der Waals surface area contributed by atoms with E-state index in [1.165, 1.54) is 0 Å². The minimum Gasteiger partial charge on any atom is -0.356 e. The van der Waals surface area contributed by atoms with Crippen molar-refractivity contribution in [1.82, 2.24) is 5.32 Å². The van der Waals surface area contributed by atoms with E-state index < -0.39 is 0 Å². The van der Waals surface area contributed by atoms with E-state index in [9.17, 15) is 4.79 Å². The van der Waals surface area contributed by atoms with E-state index in [1.807, 2.05) is 24.3 Å². The zero-order chi connectivity index (χ0) is 11.5. The number of carbonyl (C=O) groups excluding carboxylic acids is 1. The van der Waals surface area contributed by atoms with Crippen LogP contribution in [0.5, 0.6) is 0 Å². The summed E-state index contributed by atoms with van der Waals surface area (Å²) in [5.41, 5.74) is 1.09. The third-order valence-electron chi connectivity index (χ3n) is 3.10. The van der Waals surface area contributed by atoms with Gasteiger partial charge in [0.1, 0.15) is 0 Å². The third-order valence-corrected chi connectivity index (χ3v) is 3.47. The molecule has 1 aliphatic carbocycles. The van der Waals surface area contributed by atoms with Crippen molar-refractivity contribution in [2.75, 3.05) is 6.54 Å². The maximum Gasteiger partial charge on any atom is 0.223 e. The predicted octanol–water partition coefficient (Wildman–Crippen LogP) is 2.65. The molecule has 3 heteroatoms. The summed E-state index contributed by atoms with van der Waals surface area (Å²) in [6.45, 7) is 2.78. The predicted molar refractivity (Wildman–Crippen MR) is 65.4 cm³/mol. The summed E-state index contributed by atoms with van der Waals surface area (Å²) in [5, 5.41) is 3.73. The molecule has 86 valence electrons. The van der Waals surface area contributed by atoms with Crippen molar-refractivity contribution in [3.8, 4) is 0 Å². The Bertz CT molecular complexity index is 391. The fraction of sp³-hybridized carbons (Fsp3) is 0.462. The van der Waals surface area contributed by atoms with Gasteiger partial charge in [0.15, 0.2) is 0 Å². The Morgan fingerprint density at radius 1 is 1.50 bits per heavy atom. The molecule has 1 fully saturated rings. The maximum atomic E-state index is 11.5. The molecule has 0 aliphatic heterocycles. The first-order valence-electron chi connectivity index (χ1n) is 5.69. The smallest absolute Gasteiger partial charge is 0.223 e. The highest BCUT2D eigenvalue weighted by atomic mass is 35.5. The van der Waals surface area contributed by atoms with Crippen molar-refractivity contribution in [2.45, 2.75) is 19.8 Å². The number of halogens is 1. The second-order valence-electron chi connectivity index (χ2n) is 4.45. The average molecular weight is 238 g/mol. The lowest BCUT2D eigenvalue weighted by Crippen LogP contribution is -2.27. The van der Waals surface area contributed by atoms with E-state index in [0.717, 1.165) is 23.4 Å². The Morgan fingerprint density at radius 3 is 2.81 bits per heavy atom. The van der Waals surface area contributed by atoms with E-state index in [1.54, 1.807) is 0 Å². The number of hydrogen-bond acceptors (Lipinski definition) is 1. The number of nitrogens with one attached hydrogen (secondary N) is 1. The van der Waals surface area contributed by atoms with Gasteiger partial charge in [0, 0.05) is 17.5 Å². The molecule has 16 heavy (non-hydrogen) atoms. The van der Waals surface area contributed by atoms with Crippen LogP contribution in [-0.2, 0) is 11.2 Å². The first-order valence-corrected chi connectivity index (χ1v) is 6.07. The zero-order valence-electron chi connectivity index (χ0n) is 9.37. The van der Waals surface area contributed by atoms with Crippen LogP contribution < -0.4 is 5.32 Å². The lowest BCUT2D eigenvalue weighted by atomic mass is 10.1. The molecule has 1 amide bonds. The lowest BCUT2D eigenvalue weighted by Gasteiger charge is -2.06. The molecule has 1 saturated carbocycles. The summed E-state index contributed by atoms with van der Waals surface area (Å²) in [7, 11) is 0. The molecule has 1 N–H and O–H groups in total. The highest BCUT2D eigenvalue weighted by Crippen LogP contribution is 2.37. The fourth-order valence-corrected chi connectivity index (χ4v) is 2.07. The molecule has 1 aliphatic rings.